The summed E-state index contributed by atoms with van der Waals surface area (Å²) in [5.41, 5.74) is -0.631. The first-order chi connectivity index (χ1) is 9.22. The summed E-state index contributed by atoms with van der Waals surface area (Å²) in [6.45, 7) is 4.59. The van der Waals surface area contributed by atoms with Crippen LogP contribution >= 0.6 is 11.3 Å². The molecule has 1 amide bonds. The van der Waals surface area contributed by atoms with Gasteiger partial charge in [0.05, 0.1) is 4.88 Å². The average Bonchev–Trinajstić information content (AvgIpc) is 2.65. The van der Waals surface area contributed by atoms with Crippen molar-refractivity contribution in [3.05, 3.63) is 34.5 Å². The van der Waals surface area contributed by atoms with Crippen LogP contribution in [0.15, 0.2) is 18.2 Å². The first kappa shape index (κ1) is 14.5. The Balaban J connectivity index is 2.41. The van der Waals surface area contributed by atoms with Gasteiger partial charge in [0.25, 0.3) is 5.91 Å². The Morgan fingerprint density at radius 1 is 1.35 bits per heavy atom. The fourth-order valence-corrected chi connectivity index (χ4v) is 2.94. The summed E-state index contributed by atoms with van der Waals surface area (Å²) in [6, 6.07) is 4.33. The van der Waals surface area contributed by atoms with Gasteiger partial charge in [0, 0.05) is 4.70 Å². The number of carboxylic acids is 1. The van der Waals surface area contributed by atoms with Crippen LogP contribution in [0.3, 0.4) is 0 Å². The molecule has 1 heterocycles. The topological polar surface area (TPSA) is 66.4 Å². The molecule has 2 N–H and O–H groups in total. The van der Waals surface area contributed by atoms with Crippen LogP contribution in [0.2, 0.25) is 0 Å². The molecule has 20 heavy (non-hydrogen) atoms. The summed E-state index contributed by atoms with van der Waals surface area (Å²) in [6.07, 6.45) is 0. The summed E-state index contributed by atoms with van der Waals surface area (Å²) in [5.74, 6) is -1.94. The third-order valence-corrected chi connectivity index (χ3v) is 4.32. The highest BCUT2D eigenvalue weighted by atomic mass is 32.1. The highest BCUT2D eigenvalue weighted by Gasteiger charge is 2.30. The molecule has 1 aromatic heterocycles. The van der Waals surface area contributed by atoms with Crippen molar-refractivity contribution in [1.82, 2.24) is 5.32 Å². The normalized spacial score (nSPS) is 11.6. The van der Waals surface area contributed by atoms with Gasteiger partial charge in [-0.3, -0.25) is 4.79 Å². The fourth-order valence-electron chi connectivity index (χ4n) is 1.81. The summed E-state index contributed by atoms with van der Waals surface area (Å²) >= 11 is 1.15. The van der Waals surface area contributed by atoms with Gasteiger partial charge in [0.1, 0.15) is 11.4 Å². The number of carbonyl (C=O) groups excluding carboxylic acids is 1. The van der Waals surface area contributed by atoms with E-state index in [0.717, 1.165) is 22.3 Å². The van der Waals surface area contributed by atoms with Gasteiger partial charge in [0.2, 0.25) is 0 Å². The lowest BCUT2D eigenvalue weighted by atomic mass is 10.1. The maximum absolute atomic E-state index is 13.2. The van der Waals surface area contributed by atoms with Gasteiger partial charge < -0.3 is 10.4 Å². The first-order valence-electron chi connectivity index (χ1n) is 5.97. The van der Waals surface area contributed by atoms with Crippen LogP contribution in [0.4, 0.5) is 4.39 Å². The van der Waals surface area contributed by atoms with Crippen LogP contribution in [0.1, 0.15) is 29.1 Å². The van der Waals surface area contributed by atoms with Gasteiger partial charge in [0.15, 0.2) is 0 Å². The second-order valence-electron chi connectivity index (χ2n) is 5.08. The maximum atomic E-state index is 13.2. The molecule has 0 radical (unpaired) electrons. The quantitative estimate of drug-likeness (QED) is 0.915. The Labute approximate surface area is 119 Å². The Bertz CT molecular complexity index is 706. The zero-order valence-electron chi connectivity index (χ0n) is 11.3. The van der Waals surface area contributed by atoms with E-state index in [1.807, 2.05) is 0 Å². The van der Waals surface area contributed by atoms with E-state index in [4.69, 9.17) is 5.11 Å². The summed E-state index contributed by atoms with van der Waals surface area (Å²) in [7, 11) is 0. The summed E-state index contributed by atoms with van der Waals surface area (Å²) in [5, 5.41) is 12.3. The molecule has 0 saturated heterocycles. The highest BCUT2D eigenvalue weighted by molar-refractivity contribution is 7.21. The number of halogens is 1. The molecule has 106 valence electrons. The van der Waals surface area contributed by atoms with Crippen molar-refractivity contribution in [2.45, 2.75) is 26.3 Å². The SMILES string of the molecule is Cc1c(C(=O)NC(C)(C)C(=O)O)sc2cc(F)ccc12. The number of amides is 1. The predicted octanol–water partition coefficient (Wildman–Crippen LogP) is 2.94. The largest absolute Gasteiger partial charge is 0.480 e. The van der Waals surface area contributed by atoms with Crippen molar-refractivity contribution < 1.29 is 19.1 Å². The molecular weight excluding hydrogens is 281 g/mol. The molecule has 6 heteroatoms. The lowest BCUT2D eigenvalue weighted by molar-refractivity contribution is -0.143. The molecule has 0 bridgehead atoms. The molecule has 4 nitrogen and oxygen atoms in total. The van der Waals surface area contributed by atoms with Gasteiger partial charge in [-0.25, -0.2) is 9.18 Å². The average molecular weight is 295 g/mol. The van der Waals surface area contributed by atoms with Crippen molar-refractivity contribution in [1.29, 1.82) is 0 Å². The molecule has 0 unspecified atom stereocenters. The van der Waals surface area contributed by atoms with E-state index in [0.29, 0.717) is 9.58 Å². The number of carboxylic acid groups (broad SMARTS) is 1. The second kappa shape index (κ2) is 4.86. The highest BCUT2D eigenvalue weighted by Crippen LogP contribution is 2.31. The van der Waals surface area contributed by atoms with Crippen LogP contribution in [0.25, 0.3) is 10.1 Å². The minimum Gasteiger partial charge on any atom is -0.480 e. The summed E-state index contributed by atoms with van der Waals surface area (Å²) in [4.78, 5) is 23.6. The monoisotopic (exact) mass is 295 g/mol. The zero-order chi connectivity index (χ0) is 15.1. The third kappa shape index (κ3) is 2.51. The number of fused-ring (bicyclic) bond motifs is 1. The second-order valence-corrected chi connectivity index (χ2v) is 6.13. The van der Waals surface area contributed by atoms with E-state index in [1.54, 1.807) is 13.0 Å². The van der Waals surface area contributed by atoms with E-state index in [-0.39, 0.29) is 5.82 Å². The van der Waals surface area contributed by atoms with E-state index in [9.17, 15) is 14.0 Å². The smallest absolute Gasteiger partial charge is 0.328 e. The van der Waals surface area contributed by atoms with Crippen molar-refractivity contribution in [3.63, 3.8) is 0 Å². The van der Waals surface area contributed by atoms with E-state index in [2.05, 4.69) is 5.32 Å². The molecule has 0 aliphatic rings. The lowest BCUT2D eigenvalue weighted by Crippen LogP contribution is -2.49. The van der Waals surface area contributed by atoms with Crippen LogP contribution in [-0.2, 0) is 4.79 Å². The molecule has 0 aliphatic carbocycles. The molecule has 2 aromatic rings. The molecule has 0 fully saturated rings. The number of hydrogen-bond acceptors (Lipinski definition) is 3. The van der Waals surface area contributed by atoms with Crippen molar-refractivity contribution in [3.8, 4) is 0 Å². The van der Waals surface area contributed by atoms with Crippen LogP contribution in [-0.4, -0.2) is 22.5 Å². The lowest BCUT2D eigenvalue weighted by Gasteiger charge is -2.20. The molecule has 0 saturated carbocycles. The zero-order valence-corrected chi connectivity index (χ0v) is 12.1. The Kier molecular flexibility index (Phi) is 3.52. The number of aliphatic carboxylic acids is 1. The van der Waals surface area contributed by atoms with Gasteiger partial charge in [-0.2, -0.15) is 0 Å². The van der Waals surface area contributed by atoms with Crippen LogP contribution < -0.4 is 5.32 Å². The van der Waals surface area contributed by atoms with Gasteiger partial charge in [-0.15, -0.1) is 11.3 Å². The molecule has 0 spiro atoms. The molecule has 1 aromatic carbocycles. The number of aryl methyl sites for hydroxylation is 1. The minimum atomic E-state index is -1.36. The number of hydrogen-bond donors (Lipinski definition) is 2. The van der Waals surface area contributed by atoms with E-state index >= 15 is 0 Å². The molecule has 0 atom stereocenters. The molecule has 0 aliphatic heterocycles. The Morgan fingerprint density at radius 2 is 2.00 bits per heavy atom. The maximum Gasteiger partial charge on any atom is 0.328 e. The molecule has 2 rings (SSSR count). The van der Waals surface area contributed by atoms with Gasteiger partial charge in [-0.05, 0) is 43.9 Å². The van der Waals surface area contributed by atoms with Crippen molar-refractivity contribution >= 4 is 33.3 Å². The van der Waals surface area contributed by atoms with Crippen molar-refractivity contribution in [2.24, 2.45) is 0 Å². The molecular formula is C14H14FNO3S. The van der Waals surface area contributed by atoms with E-state index in [1.165, 1.54) is 26.0 Å². The van der Waals surface area contributed by atoms with Crippen molar-refractivity contribution in [2.75, 3.05) is 0 Å². The number of benzene rings is 1. The van der Waals surface area contributed by atoms with Crippen LogP contribution in [0.5, 0.6) is 0 Å². The van der Waals surface area contributed by atoms with Gasteiger partial charge in [-0.1, -0.05) is 6.07 Å². The minimum absolute atomic E-state index is 0.364. The fraction of sp³-hybridized carbons (Fsp3) is 0.286. The standard InChI is InChI=1S/C14H14FNO3S/c1-7-9-5-4-8(15)6-10(9)20-11(7)12(17)16-14(2,3)13(18)19/h4-6H,1-3H3,(H,16,17)(H,18,19). The predicted molar refractivity (Wildman–Crippen MR) is 75.7 cm³/mol. The number of nitrogens with one attached hydrogen (secondary N) is 1. The Hall–Kier alpha value is -1.95. The summed E-state index contributed by atoms with van der Waals surface area (Å²) < 4.78 is 13.9. The van der Waals surface area contributed by atoms with Crippen LogP contribution in [0, 0.1) is 12.7 Å². The number of rotatable bonds is 3. The number of thiophene rings is 1. The number of carbonyl (C=O) groups is 2. The first-order valence-corrected chi connectivity index (χ1v) is 6.78. The Morgan fingerprint density at radius 3 is 2.60 bits per heavy atom. The van der Waals surface area contributed by atoms with E-state index < -0.39 is 17.4 Å². The third-order valence-electron chi connectivity index (χ3n) is 3.07. The van der Waals surface area contributed by atoms with Gasteiger partial charge >= 0.3 is 5.97 Å².